The Kier molecular flexibility index (Phi) is 7.21. The van der Waals surface area contributed by atoms with Gasteiger partial charge in [0.15, 0.2) is 0 Å². The Labute approximate surface area is 233 Å². The van der Waals surface area contributed by atoms with Crippen LogP contribution in [-0.2, 0) is 17.8 Å². The minimum Gasteiger partial charge on any atom is -0.370 e. The highest BCUT2D eigenvalue weighted by Gasteiger charge is 2.40. The summed E-state index contributed by atoms with van der Waals surface area (Å²) in [7, 11) is 0. The van der Waals surface area contributed by atoms with Crippen LogP contribution in [0, 0.1) is 18.8 Å². The summed E-state index contributed by atoms with van der Waals surface area (Å²) >= 11 is 1.46. The van der Waals surface area contributed by atoms with Gasteiger partial charge < -0.3 is 9.80 Å². The molecule has 3 aliphatic heterocycles. The average Bonchev–Trinajstić information content (AvgIpc) is 3.49. The second kappa shape index (κ2) is 10.9. The zero-order valence-corrected chi connectivity index (χ0v) is 23.2. The zero-order chi connectivity index (χ0) is 26.9. The highest BCUT2D eigenvalue weighted by atomic mass is 32.1. The average molecular weight is 543 g/mol. The maximum Gasteiger partial charge on any atom is 0.264 e. The van der Waals surface area contributed by atoms with Gasteiger partial charge in [-0.05, 0) is 62.6 Å². The fourth-order valence-electron chi connectivity index (χ4n) is 6.29. The van der Waals surface area contributed by atoms with Crippen LogP contribution in [-0.4, -0.2) is 58.7 Å². The van der Waals surface area contributed by atoms with Gasteiger partial charge in [-0.25, -0.2) is 4.98 Å². The highest BCUT2D eigenvalue weighted by molar-refractivity contribution is 7.09. The molecule has 1 unspecified atom stereocenters. The molecule has 0 aliphatic carbocycles. The SMILES string of the molecule is Cc1csc(CN2C(=O)c3cccc(N4CCCC(C(=O)N5CCC(Cc6ccccc6)CC5)C4)c3C2=O)n1. The lowest BCUT2D eigenvalue weighted by atomic mass is 9.88. The standard InChI is InChI=1S/C31H34N4O3S/c1-21-20-39-27(32-21)19-35-30(37)25-10-5-11-26(28(25)31(35)38)34-14-6-9-24(18-34)29(36)33-15-12-23(13-16-33)17-22-7-3-2-4-8-22/h2-5,7-8,10-11,20,23-24H,6,9,12-19H2,1H3. The minimum absolute atomic E-state index is 0.0955. The Bertz CT molecular complexity index is 1380. The second-order valence-corrected chi connectivity index (χ2v) is 12.0. The van der Waals surface area contributed by atoms with Gasteiger partial charge in [-0.1, -0.05) is 36.4 Å². The van der Waals surface area contributed by atoms with E-state index in [4.69, 9.17) is 0 Å². The van der Waals surface area contributed by atoms with Crippen LogP contribution in [0.4, 0.5) is 5.69 Å². The predicted molar refractivity (Wildman–Crippen MR) is 152 cm³/mol. The van der Waals surface area contributed by atoms with Crippen molar-refractivity contribution in [1.29, 1.82) is 0 Å². The van der Waals surface area contributed by atoms with E-state index in [1.54, 1.807) is 6.07 Å². The van der Waals surface area contributed by atoms with E-state index < -0.39 is 0 Å². The van der Waals surface area contributed by atoms with Gasteiger partial charge in [0.25, 0.3) is 11.8 Å². The Morgan fingerprint density at radius 2 is 1.77 bits per heavy atom. The Hall–Kier alpha value is -3.52. The second-order valence-electron chi connectivity index (χ2n) is 11.0. The zero-order valence-electron chi connectivity index (χ0n) is 22.3. The van der Waals surface area contributed by atoms with Crippen molar-refractivity contribution in [2.24, 2.45) is 11.8 Å². The maximum atomic E-state index is 13.6. The summed E-state index contributed by atoms with van der Waals surface area (Å²) in [6.07, 6.45) is 4.89. The fraction of sp³-hybridized carbons (Fsp3) is 0.419. The number of fused-ring (bicyclic) bond motifs is 1. The first-order chi connectivity index (χ1) is 19.0. The third kappa shape index (κ3) is 5.22. The quantitative estimate of drug-likeness (QED) is 0.413. The van der Waals surface area contributed by atoms with E-state index in [-0.39, 0.29) is 30.2 Å². The molecule has 3 aromatic rings. The van der Waals surface area contributed by atoms with Crippen LogP contribution in [0.2, 0.25) is 0 Å². The van der Waals surface area contributed by atoms with E-state index in [0.717, 1.165) is 68.1 Å². The number of likely N-dealkylation sites (tertiary alicyclic amines) is 1. The number of carbonyl (C=O) groups excluding carboxylic acids is 3. The summed E-state index contributed by atoms with van der Waals surface area (Å²) in [5.41, 5.74) is 3.93. The monoisotopic (exact) mass is 542 g/mol. The summed E-state index contributed by atoms with van der Waals surface area (Å²) in [6.45, 7) is 5.06. The number of anilines is 1. The van der Waals surface area contributed by atoms with Gasteiger partial charge in [0.2, 0.25) is 5.91 Å². The molecular weight excluding hydrogens is 508 g/mol. The number of aryl methyl sites for hydroxylation is 1. The number of thiazole rings is 1. The van der Waals surface area contributed by atoms with Crippen molar-refractivity contribution in [3.05, 3.63) is 81.3 Å². The van der Waals surface area contributed by atoms with Crippen molar-refractivity contribution in [2.45, 2.75) is 45.6 Å². The first-order valence-corrected chi connectivity index (χ1v) is 14.8. The van der Waals surface area contributed by atoms with Crippen molar-refractivity contribution in [3.63, 3.8) is 0 Å². The van der Waals surface area contributed by atoms with Gasteiger partial charge in [0.05, 0.1) is 29.3 Å². The van der Waals surface area contributed by atoms with Crippen LogP contribution < -0.4 is 4.90 Å². The minimum atomic E-state index is -0.271. The smallest absolute Gasteiger partial charge is 0.264 e. The number of benzene rings is 2. The normalized spacial score (nSPS) is 20.0. The van der Waals surface area contributed by atoms with E-state index in [0.29, 0.717) is 23.6 Å². The van der Waals surface area contributed by atoms with Crippen LogP contribution in [0.5, 0.6) is 0 Å². The summed E-state index contributed by atoms with van der Waals surface area (Å²) in [4.78, 5) is 50.2. The van der Waals surface area contributed by atoms with Crippen molar-refractivity contribution in [1.82, 2.24) is 14.8 Å². The molecule has 3 aliphatic rings. The summed E-state index contributed by atoms with van der Waals surface area (Å²) in [6, 6.07) is 16.1. The molecule has 39 heavy (non-hydrogen) atoms. The Morgan fingerprint density at radius 3 is 2.51 bits per heavy atom. The van der Waals surface area contributed by atoms with Crippen LogP contribution in [0.25, 0.3) is 0 Å². The molecule has 7 nitrogen and oxygen atoms in total. The molecule has 0 bridgehead atoms. The molecule has 8 heteroatoms. The molecule has 4 heterocycles. The molecule has 202 valence electrons. The molecule has 2 saturated heterocycles. The Balaban J connectivity index is 1.12. The van der Waals surface area contributed by atoms with Crippen LogP contribution in [0.1, 0.15) is 62.7 Å². The van der Waals surface area contributed by atoms with Gasteiger partial charge in [0, 0.05) is 37.3 Å². The van der Waals surface area contributed by atoms with E-state index in [9.17, 15) is 14.4 Å². The number of carbonyl (C=O) groups is 3. The summed E-state index contributed by atoms with van der Waals surface area (Å²) in [5, 5.41) is 2.68. The number of amides is 3. The predicted octanol–water partition coefficient (Wildman–Crippen LogP) is 4.95. The number of imide groups is 1. The summed E-state index contributed by atoms with van der Waals surface area (Å²) < 4.78 is 0. The third-order valence-corrected chi connectivity index (χ3v) is 9.29. The molecule has 0 radical (unpaired) electrons. The van der Waals surface area contributed by atoms with E-state index in [2.05, 4.69) is 45.1 Å². The van der Waals surface area contributed by atoms with Crippen molar-refractivity contribution in [2.75, 3.05) is 31.1 Å². The number of hydrogen-bond donors (Lipinski definition) is 0. The topological polar surface area (TPSA) is 73.8 Å². The number of piperidine rings is 2. The number of aromatic nitrogens is 1. The molecule has 3 amide bonds. The van der Waals surface area contributed by atoms with Crippen LogP contribution in [0.15, 0.2) is 53.9 Å². The molecular formula is C31H34N4O3S. The molecule has 2 fully saturated rings. The van der Waals surface area contributed by atoms with Gasteiger partial charge in [-0.3, -0.25) is 19.3 Å². The van der Waals surface area contributed by atoms with Gasteiger partial charge in [-0.2, -0.15) is 0 Å². The lowest BCUT2D eigenvalue weighted by Gasteiger charge is -2.39. The fourth-order valence-corrected chi connectivity index (χ4v) is 7.05. The maximum absolute atomic E-state index is 13.6. The highest BCUT2D eigenvalue weighted by Crippen LogP contribution is 2.35. The first kappa shape index (κ1) is 25.7. The van der Waals surface area contributed by atoms with Gasteiger partial charge in [-0.15, -0.1) is 11.3 Å². The molecule has 0 N–H and O–H groups in total. The largest absolute Gasteiger partial charge is 0.370 e. The molecule has 1 aromatic heterocycles. The molecule has 1 atom stereocenters. The number of nitrogens with zero attached hydrogens (tertiary/aromatic N) is 4. The van der Waals surface area contributed by atoms with Crippen molar-refractivity contribution in [3.8, 4) is 0 Å². The molecule has 0 saturated carbocycles. The lowest BCUT2D eigenvalue weighted by molar-refractivity contribution is -0.137. The van der Waals surface area contributed by atoms with E-state index in [1.807, 2.05) is 24.4 Å². The molecule has 6 rings (SSSR count). The van der Waals surface area contributed by atoms with E-state index >= 15 is 0 Å². The van der Waals surface area contributed by atoms with Gasteiger partial charge >= 0.3 is 0 Å². The van der Waals surface area contributed by atoms with E-state index in [1.165, 1.54) is 21.8 Å². The first-order valence-electron chi connectivity index (χ1n) is 14.0. The van der Waals surface area contributed by atoms with Crippen LogP contribution in [0.3, 0.4) is 0 Å². The number of hydrogen-bond acceptors (Lipinski definition) is 6. The van der Waals surface area contributed by atoms with Crippen molar-refractivity contribution >= 4 is 34.7 Å². The summed E-state index contributed by atoms with van der Waals surface area (Å²) in [5.74, 6) is 0.210. The Morgan fingerprint density at radius 1 is 0.974 bits per heavy atom. The van der Waals surface area contributed by atoms with Crippen LogP contribution >= 0.6 is 11.3 Å². The lowest BCUT2D eigenvalue weighted by Crippen LogP contribution is -2.47. The van der Waals surface area contributed by atoms with Crippen molar-refractivity contribution < 1.29 is 14.4 Å². The van der Waals surface area contributed by atoms with Gasteiger partial charge in [0.1, 0.15) is 5.01 Å². The molecule has 0 spiro atoms. The molecule has 2 aromatic carbocycles. The third-order valence-electron chi connectivity index (χ3n) is 8.34. The number of rotatable bonds is 6.